The highest BCUT2D eigenvalue weighted by atomic mass is 79.9. The fraction of sp³-hybridized carbons (Fsp3) is 0.200. The van der Waals surface area contributed by atoms with Gasteiger partial charge in [0.15, 0.2) is 0 Å². The molecule has 0 radical (unpaired) electrons. The number of rotatable bonds is 5. The predicted molar refractivity (Wildman–Crippen MR) is 65.5 cm³/mol. The van der Waals surface area contributed by atoms with E-state index in [-0.39, 0.29) is 11.5 Å². The average Bonchev–Trinajstić information content (AvgIpc) is 2.26. The minimum Gasteiger partial charge on any atom is -0.394 e. The van der Waals surface area contributed by atoms with Crippen molar-refractivity contribution in [3.63, 3.8) is 0 Å². The molecule has 16 heavy (non-hydrogen) atoms. The lowest BCUT2D eigenvalue weighted by molar-refractivity contribution is 0.276. The van der Waals surface area contributed by atoms with E-state index in [0.717, 1.165) is 4.47 Å². The zero-order chi connectivity index (χ0) is 12.2. The smallest absolute Gasteiger partial charge is 0.241 e. The number of hydrogen-bond acceptors (Lipinski definition) is 3. The van der Waals surface area contributed by atoms with Crippen LogP contribution in [0.5, 0.6) is 0 Å². The monoisotopic (exact) mass is 305 g/mol. The molecule has 1 atom stereocenters. The molecule has 1 aromatic carbocycles. The Morgan fingerprint density at radius 1 is 1.44 bits per heavy atom. The van der Waals surface area contributed by atoms with E-state index in [0.29, 0.717) is 0 Å². The van der Waals surface area contributed by atoms with Crippen molar-refractivity contribution in [3.05, 3.63) is 41.4 Å². The van der Waals surface area contributed by atoms with Gasteiger partial charge >= 0.3 is 0 Å². The van der Waals surface area contributed by atoms with Crippen LogP contribution in [0.3, 0.4) is 0 Å². The minimum absolute atomic E-state index is 0.149. The molecule has 6 heteroatoms. The van der Waals surface area contributed by atoms with Crippen molar-refractivity contribution in [3.8, 4) is 0 Å². The van der Waals surface area contributed by atoms with E-state index in [4.69, 9.17) is 5.11 Å². The van der Waals surface area contributed by atoms with Crippen LogP contribution in [0.2, 0.25) is 0 Å². The zero-order valence-corrected chi connectivity index (χ0v) is 10.8. The van der Waals surface area contributed by atoms with Crippen LogP contribution < -0.4 is 4.72 Å². The van der Waals surface area contributed by atoms with Crippen molar-refractivity contribution in [2.75, 3.05) is 6.61 Å². The Labute approximate surface area is 103 Å². The SMILES string of the molecule is C=C[C@@H](CO)NS(=O)(=O)c1ccc(Br)cc1. The first-order valence-electron chi connectivity index (χ1n) is 4.51. The van der Waals surface area contributed by atoms with Gasteiger partial charge in [-0.2, -0.15) is 0 Å². The van der Waals surface area contributed by atoms with E-state index in [9.17, 15) is 8.42 Å². The maximum Gasteiger partial charge on any atom is 0.241 e. The molecular weight excluding hydrogens is 294 g/mol. The lowest BCUT2D eigenvalue weighted by Gasteiger charge is -2.12. The molecule has 0 bridgehead atoms. The summed E-state index contributed by atoms with van der Waals surface area (Å²) in [5, 5.41) is 8.87. The second-order valence-electron chi connectivity index (χ2n) is 3.10. The van der Waals surface area contributed by atoms with Gasteiger partial charge in [0.25, 0.3) is 0 Å². The Morgan fingerprint density at radius 3 is 2.44 bits per heavy atom. The number of hydrogen-bond donors (Lipinski definition) is 2. The molecule has 1 aromatic rings. The van der Waals surface area contributed by atoms with Gasteiger partial charge in [0.2, 0.25) is 10.0 Å². The van der Waals surface area contributed by atoms with Crippen LogP contribution in [-0.4, -0.2) is 26.2 Å². The fourth-order valence-corrected chi connectivity index (χ4v) is 2.51. The third-order valence-corrected chi connectivity index (χ3v) is 3.95. The van der Waals surface area contributed by atoms with Gasteiger partial charge in [-0.05, 0) is 24.3 Å². The summed E-state index contributed by atoms with van der Waals surface area (Å²) in [6, 6.07) is 5.55. The second-order valence-corrected chi connectivity index (χ2v) is 5.73. The summed E-state index contributed by atoms with van der Waals surface area (Å²) in [7, 11) is -3.60. The van der Waals surface area contributed by atoms with Crippen molar-refractivity contribution in [1.82, 2.24) is 4.72 Å². The lowest BCUT2D eigenvalue weighted by Crippen LogP contribution is -2.35. The highest BCUT2D eigenvalue weighted by Crippen LogP contribution is 2.14. The van der Waals surface area contributed by atoms with E-state index in [1.165, 1.54) is 18.2 Å². The van der Waals surface area contributed by atoms with Crippen LogP contribution in [0.15, 0.2) is 46.3 Å². The highest BCUT2D eigenvalue weighted by Gasteiger charge is 2.17. The van der Waals surface area contributed by atoms with Gasteiger partial charge in [0.05, 0.1) is 17.5 Å². The topological polar surface area (TPSA) is 66.4 Å². The Balaban J connectivity index is 2.94. The van der Waals surface area contributed by atoms with Crippen molar-refractivity contribution in [1.29, 1.82) is 0 Å². The second kappa shape index (κ2) is 5.58. The van der Waals surface area contributed by atoms with E-state index < -0.39 is 16.1 Å². The number of aliphatic hydroxyl groups excluding tert-OH is 1. The number of nitrogens with one attached hydrogen (secondary N) is 1. The van der Waals surface area contributed by atoms with Gasteiger partial charge in [-0.1, -0.05) is 22.0 Å². The molecule has 0 unspecified atom stereocenters. The van der Waals surface area contributed by atoms with Crippen LogP contribution in [0.1, 0.15) is 0 Å². The normalized spacial score (nSPS) is 13.4. The summed E-state index contributed by atoms with van der Waals surface area (Å²) in [5.74, 6) is 0. The van der Waals surface area contributed by atoms with E-state index >= 15 is 0 Å². The fourth-order valence-electron chi connectivity index (χ4n) is 1.04. The Bertz CT molecular complexity index is 455. The molecule has 0 fully saturated rings. The van der Waals surface area contributed by atoms with Crippen LogP contribution in [0, 0.1) is 0 Å². The van der Waals surface area contributed by atoms with Gasteiger partial charge in [0, 0.05) is 4.47 Å². The molecule has 0 aliphatic carbocycles. The van der Waals surface area contributed by atoms with Crippen molar-refractivity contribution >= 4 is 26.0 Å². The molecule has 4 nitrogen and oxygen atoms in total. The van der Waals surface area contributed by atoms with Gasteiger partial charge in [-0.3, -0.25) is 0 Å². The van der Waals surface area contributed by atoms with Crippen molar-refractivity contribution in [2.24, 2.45) is 0 Å². The minimum atomic E-state index is -3.60. The maximum absolute atomic E-state index is 11.8. The molecular formula is C10H12BrNO3S. The summed E-state index contributed by atoms with van der Waals surface area (Å²) < 4.78 is 26.7. The molecule has 0 heterocycles. The van der Waals surface area contributed by atoms with E-state index in [1.54, 1.807) is 12.1 Å². The number of aliphatic hydroxyl groups is 1. The summed E-state index contributed by atoms with van der Waals surface area (Å²) in [6.07, 6.45) is 1.34. The Kier molecular flexibility index (Phi) is 4.67. The zero-order valence-electron chi connectivity index (χ0n) is 8.43. The summed E-state index contributed by atoms with van der Waals surface area (Å²) >= 11 is 3.22. The van der Waals surface area contributed by atoms with E-state index in [2.05, 4.69) is 27.2 Å². The molecule has 88 valence electrons. The standard InChI is InChI=1S/C10H12BrNO3S/c1-2-9(7-13)12-16(14,15)10-5-3-8(11)4-6-10/h2-6,9,12-13H,1,7H2/t9-/m0/s1. The largest absolute Gasteiger partial charge is 0.394 e. The third kappa shape index (κ3) is 3.41. The molecule has 2 N–H and O–H groups in total. The van der Waals surface area contributed by atoms with Crippen molar-refractivity contribution < 1.29 is 13.5 Å². The number of sulfonamides is 1. The van der Waals surface area contributed by atoms with Crippen LogP contribution in [0.4, 0.5) is 0 Å². The first-order valence-corrected chi connectivity index (χ1v) is 6.78. The van der Waals surface area contributed by atoms with Gasteiger partial charge in [0.1, 0.15) is 0 Å². The molecule has 0 amide bonds. The Hall–Kier alpha value is -0.690. The van der Waals surface area contributed by atoms with E-state index in [1.807, 2.05) is 0 Å². The molecule has 0 aliphatic heterocycles. The molecule has 1 rings (SSSR count). The van der Waals surface area contributed by atoms with Crippen LogP contribution in [0.25, 0.3) is 0 Å². The summed E-state index contributed by atoms with van der Waals surface area (Å²) in [6.45, 7) is 3.11. The highest BCUT2D eigenvalue weighted by molar-refractivity contribution is 9.10. The lowest BCUT2D eigenvalue weighted by atomic mass is 10.3. The predicted octanol–water partition coefficient (Wildman–Crippen LogP) is 1.27. The molecule has 0 aliphatic rings. The quantitative estimate of drug-likeness (QED) is 0.805. The number of halogens is 1. The molecule has 0 saturated heterocycles. The number of benzene rings is 1. The third-order valence-electron chi connectivity index (χ3n) is 1.91. The molecule has 0 saturated carbocycles. The van der Waals surface area contributed by atoms with Gasteiger partial charge in [-0.15, -0.1) is 6.58 Å². The Morgan fingerprint density at radius 2 is 2.00 bits per heavy atom. The molecule has 0 spiro atoms. The van der Waals surface area contributed by atoms with Crippen LogP contribution >= 0.6 is 15.9 Å². The first kappa shape index (κ1) is 13.4. The summed E-state index contributed by atoms with van der Waals surface area (Å²) in [4.78, 5) is 0.149. The van der Waals surface area contributed by atoms with Crippen molar-refractivity contribution in [2.45, 2.75) is 10.9 Å². The maximum atomic E-state index is 11.8. The first-order chi connectivity index (χ1) is 7.49. The summed E-state index contributed by atoms with van der Waals surface area (Å²) in [5.41, 5.74) is 0. The molecule has 0 aromatic heterocycles. The average molecular weight is 306 g/mol. The van der Waals surface area contributed by atoms with Gasteiger partial charge in [-0.25, -0.2) is 13.1 Å². The van der Waals surface area contributed by atoms with Crippen LogP contribution in [-0.2, 0) is 10.0 Å². The van der Waals surface area contributed by atoms with Gasteiger partial charge < -0.3 is 5.11 Å².